The molecule has 2 aromatic rings. The average molecular weight is 442 g/mol. The molecule has 0 spiro atoms. The number of ketones is 1. The molecule has 8 heteroatoms. The Hall–Kier alpha value is -2.39. The summed E-state index contributed by atoms with van der Waals surface area (Å²) >= 11 is 1.66. The second-order valence-electron chi connectivity index (χ2n) is 8.41. The van der Waals surface area contributed by atoms with Crippen molar-refractivity contribution in [2.24, 2.45) is 5.92 Å². The third-order valence-corrected chi connectivity index (χ3v) is 7.83. The number of nitrogens with one attached hydrogen (secondary N) is 3. The molecule has 3 unspecified atom stereocenters. The van der Waals surface area contributed by atoms with Gasteiger partial charge in [-0.3, -0.25) is 4.79 Å². The number of fused-ring (bicyclic) bond motifs is 1. The van der Waals surface area contributed by atoms with E-state index in [0.717, 1.165) is 33.7 Å². The molecular formula is C23H27N3O4S. The summed E-state index contributed by atoms with van der Waals surface area (Å²) in [5, 5.41) is 16.2. The highest BCUT2D eigenvalue weighted by Crippen LogP contribution is 2.49. The van der Waals surface area contributed by atoms with Gasteiger partial charge in [0.25, 0.3) is 0 Å². The second kappa shape index (κ2) is 7.94. The zero-order chi connectivity index (χ0) is 21.7. The number of ether oxygens (including phenoxy) is 2. The summed E-state index contributed by atoms with van der Waals surface area (Å²) in [6, 6.07) is 7.95. The Morgan fingerprint density at radius 2 is 1.90 bits per heavy atom. The number of aliphatic hydroxyl groups is 1. The largest absolute Gasteiger partial charge is 0.493 e. The molecule has 4 N–H and O–H groups in total. The topological polar surface area (TPSA) is 91.9 Å². The molecule has 1 aromatic heterocycles. The molecule has 0 bridgehead atoms. The first-order chi connectivity index (χ1) is 15.0. The van der Waals surface area contributed by atoms with E-state index in [-0.39, 0.29) is 29.7 Å². The molecular weight excluding hydrogens is 414 g/mol. The first-order valence-corrected chi connectivity index (χ1v) is 11.4. The molecule has 5 atom stereocenters. The van der Waals surface area contributed by atoms with Crippen molar-refractivity contribution in [1.29, 1.82) is 0 Å². The zero-order valence-corrected chi connectivity index (χ0v) is 18.6. The lowest BCUT2D eigenvalue weighted by Gasteiger charge is -2.41. The predicted octanol–water partition coefficient (Wildman–Crippen LogP) is 2.53. The van der Waals surface area contributed by atoms with Crippen molar-refractivity contribution in [2.75, 3.05) is 14.2 Å². The summed E-state index contributed by atoms with van der Waals surface area (Å²) in [4.78, 5) is 14.7. The average Bonchev–Trinajstić information content (AvgIpc) is 3.37. The Kier molecular flexibility index (Phi) is 5.26. The van der Waals surface area contributed by atoms with Crippen molar-refractivity contribution in [3.05, 3.63) is 56.9 Å². The highest BCUT2D eigenvalue weighted by molar-refractivity contribution is 7.10. The lowest BCUT2D eigenvalue weighted by atomic mass is 9.70. The van der Waals surface area contributed by atoms with Crippen molar-refractivity contribution in [3.63, 3.8) is 0 Å². The van der Waals surface area contributed by atoms with Crippen molar-refractivity contribution in [2.45, 2.75) is 44.0 Å². The molecule has 1 aliphatic carbocycles. The molecule has 2 aliphatic heterocycles. The van der Waals surface area contributed by atoms with E-state index in [4.69, 9.17) is 9.47 Å². The summed E-state index contributed by atoms with van der Waals surface area (Å²) < 4.78 is 10.8. The van der Waals surface area contributed by atoms with Crippen LogP contribution >= 0.6 is 11.3 Å². The van der Waals surface area contributed by atoms with Crippen molar-refractivity contribution in [3.8, 4) is 11.5 Å². The number of Topliss-reactive ketones (excluding diaryl/α,β-unsaturated/α-hetero) is 1. The van der Waals surface area contributed by atoms with Crippen LogP contribution in [0.4, 0.5) is 0 Å². The van der Waals surface area contributed by atoms with Gasteiger partial charge in [0.05, 0.1) is 20.4 Å². The van der Waals surface area contributed by atoms with Crippen LogP contribution in [0.1, 0.15) is 40.7 Å². The first kappa shape index (κ1) is 20.5. The van der Waals surface area contributed by atoms with E-state index in [9.17, 15) is 9.90 Å². The number of hydrogen-bond acceptors (Lipinski definition) is 8. The molecule has 164 valence electrons. The van der Waals surface area contributed by atoms with Crippen LogP contribution in [0.5, 0.6) is 11.5 Å². The standard InChI is InChI=1S/C23H27N3O4S/c1-11-6-7-31-21(11)19-18-14(24-22-20(19)23(28)26-25-22)8-13(9-15(18)27)12-4-5-16(29-2)17(10-12)30-3/h4-7,10,13,19-20,22-26,28H,8-9H2,1-3H3/t13-,19-,20?,22?,23?/m1/s1. The lowest BCUT2D eigenvalue weighted by molar-refractivity contribution is -0.117. The number of hydrazine groups is 1. The Balaban J connectivity index is 1.54. The molecule has 0 radical (unpaired) electrons. The van der Waals surface area contributed by atoms with Gasteiger partial charge in [-0.05, 0) is 54.0 Å². The van der Waals surface area contributed by atoms with Crippen LogP contribution in [0.15, 0.2) is 40.9 Å². The number of hydrogen-bond donors (Lipinski definition) is 4. The van der Waals surface area contributed by atoms with E-state index in [0.29, 0.717) is 17.9 Å². The van der Waals surface area contributed by atoms with Gasteiger partial charge in [0.2, 0.25) is 0 Å². The van der Waals surface area contributed by atoms with Gasteiger partial charge in [0, 0.05) is 34.4 Å². The fraction of sp³-hybridized carbons (Fsp3) is 0.435. The quantitative estimate of drug-likeness (QED) is 0.580. The fourth-order valence-corrected chi connectivity index (χ4v) is 6.31. The van der Waals surface area contributed by atoms with E-state index >= 15 is 0 Å². The van der Waals surface area contributed by atoms with Crippen LogP contribution in [0, 0.1) is 12.8 Å². The number of thiophene rings is 1. The SMILES string of the molecule is COc1ccc([C@H]2CC(=O)C3=C(C2)NC2NNC(O)C2[C@@H]3c2sccc2C)cc1OC. The van der Waals surface area contributed by atoms with Gasteiger partial charge in [-0.1, -0.05) is 6.07 Å². The summed E-state index contributed by atoms with van der Waals surface area (Å²) in [5.41, 5.74) is 10.1. The molecule has 3 heterocycles. The maximum atomic E-state index is 13.5. The van der Waals surface area contributed by atoms with E-state index in [1.807, 2.05) is 18.2 Å². The Labute approximate surface area is 185 Å². The highest BCUT2D eigenvalue weighted by Gasteiger charge is 2.50. The van der Waals surface area contributed by atoms with Gasteiger partial charge in [-0.2, -0.15) is 0 Å². The number of allylic oxidation sites excluding steroid dienone is 2. The van der Waals surface area contributed by atoms with Gasteiger partial charge in [-0.25, -0.2) is 10.9 Å². The fourth-order valence-electron chi connectivity index (χ4n) is 5.22. The minimum atomic E-state index is -0.727. The number of benzene rings is 1. The summed E-state index contributed by atoms with van der Waals surface area (Å²) in [6.45, 7) is 2.07. The molecule has 0 saturated carbocycles. The van der Waals surface area contributed by atoms with Crippen LogP contribution in [-0.2, 0) is 4.79 Å². The summed E-state index contributed by atoms with van der Waals surface area (Å²) in [7, 11) is 3.24. The van der Waals surface area contributed by atoms with Crippen LogP contribution in [0.3, 0.4) is 0 Å². The molecule has 31 heavy (non-hydrogen) atoms. The molecule has 1 saturated heterocycles. The van der Waals surface area contributed by atoms with E-state index in [2.05, 4.69) is 34.5 Å². The molecule has 5 rings (SSSR count). The number of aryl methyl sites for hydroxylation is 1. The minimum Gasteiger partial charge on any atom is -0.493 e. The Morgan fingerprint density at radius 1 is 1.10 bits per heavy atom. The van der Waals surface area contributed by atoms with Crippen molar-refractivity contribution >= 4 is 17.1 Å². The third-order valence-electron chi connectivity index (χ3n) is 6.73. The summed E-state index contributed by atoms with van der Waals surface area (Å²) in [5.74, 6) is 1.26. The maximum absolute atomic E-state index is 13.5. The molecule has 3 aliphatic rings. The van der Waals surface area contributed by atoms with Crippen molar-refractivity contribution < 1.29 is 19.4 Å². The normalized spacial score (nSPS) is 29.9. The molecule has 0 amide bonds. The smallest absolute Gasteiger partial charge is 0.161 e. The molecule has 7 nitrogen and oxygen atoms in total. The van der Waals surface area contributed by atoms with Gasteiger partial charge in [0.15, 0.2) is 17.3 Å². The van der Waals surface area contributed by atoms with Crippen LogP contribution < -0.4 is 25.6 Å². The van der Waals surface area contributed by atoms with Gasteiger partial charge in [0.1, 0.15) is 6.23 Å². The van der Waals surface area contributed by atoms with Crippen LogP contribution in [0.2, 0.25) is 0 Å². The van der Waals surface area contributed by atoms with Gasteiger partial charge < -0.3 is 19.9 Å². The van der Waals surface area contributed by atoms with Crippen LogP contribution in [0.25, 0.3) is 0 Å². The number of rotatable bonds is 4. The number of carbonyl (C=O) groups excluding carboxylic acids is 1. The second-order valence-corrected chi connectivity index (χ2v) is 9.36. The Bertz CT molecular complexity index is 1050. The maximum Gasteiger partial charge on any atom is 0.161 e. The Morgan fingerprint density at radius 3 is 2.61 bits per heavy atom. The highest BCUT2D eigenvalue weighted by atomic mass is 32.1. The monoisotopic (exact) mass is 441 g/mol. The third kappa shape index (κ3) is 3.34. The molecule has 1 fully saturated rings. The van der Waals surface area contributed by atoms with Gasteiger partial charge >= 0.3 is 0 Å². The van der Waals surface area contributed by atoms with E-state index < -0.39 is 6.23 Å². The zero-order valence-electron chi connectivity index (χ0n) is 17.8. The van der Waals surface area contributed by atoms with E-state index in [1.165, 1.54) is 0 Å². The number of aliphatic hydroxyl groups excluding tert-OH is 1. The number of methoxy groups -OCH3 is 2. The van der Waals surface area contributed by atoms with E-state index in [1.54, 1.807) is 25.6 Å². The van der Waals surface area contributed by atoms with Gasteiger partial charge in [-0.15, -0.1) is 11.3 Å². The van der Waals surface area contributed by atoms with Crippen LogP contribution in [-0.4, -0.2) is 37.5 Å². The lowest BCUT2D eigenvalue weighted by Crippen LogP contribution is -2.51. The minimum absolute atomic E-state index is 0.0551. The number of carbonyl (C=O) groups is 1. The van der Waals surface area contributed by atoms with Crippen molar-refractivity contribution in [1.82, 2.24) is 16.2 Å². The summed E-state index contributed by atoms with van der Waals surface area (Å²) in [6.07, 6.45) is 0.302. The first-order valence-electron chi connectivity index (χ1n) is 10.5. The molecule has 1 aromatic carbocycles. The predicted molar refractivity (Wildman–Crippen MR) is 118 cm³/mol.